The SMILES string of the molecule is Cc1nc(N2C[C@H](C)O[C@@H](C)C2)c2oc3ccccc3c2n1. The molecular formula is C17H19N3O2. The van der Waals surface area contributed by atoms with Crippen LogP contribution in [0.3, 0.4) is 0 Å². The molecule has 114 valence electrons. The molecule has 3 heterocycles. The van der Waals surface area contributed by atoms with Crippen LogP contribution in [-0.4, -0.2) is 35.3 Å². The maximum absolute atomic E-state index is 6.05. The van der Waals surface area contributed by atoms with Crippen molar-refractivity contribution < 1.29 is 9.15 Å². The number of furan rings is 1. The smallest absolute Gasteiger partial charge is 0.196 e. The summed E-state index contributed by atoms with van der Waals surface area (Å²) in [6.45, 7) is 7.73. The summed E-state index contributed by atoms with van der Waals surface area (Å²) in [5.74, 6) is 1.64. The number of nitrogens with zero attached hydrogens (tertiary/aromatic N) is 3. The van der Waals surface area contributed by atoms with Gasteiger partial charge >= 0.3 is 0 Å². The number of aryl methyl sites for hydroxylation is 1. The Morgan fingerprint density at radius 1 is 1.09 bits per heavy atom. The van der Waals surface area contributed by atoms with Crippen molar-refractivity contribution in [3.05, 3.63) is 30.1 Å². The van der Waals surface area contributed by atoms with Gasteiger partial charge in [-0.2, -0.15) is 0 Å². The van der Waals surface area contributed by atoms with Crippen LogP contribution in [0.1, 0.15) is 19.7 Å². The van der Waals surface area contributed by atoms with E-state index in [1.54, 1.807) is 0 Å². The number of fused-ring (bicyclic) bond motifs is 3. The standard InChI is InChI=1S/C17H19N3O2/c1-10-8-20(9-11(2)21-10)17-16-15(18-12(3)19-17)13-6-4-5-7-14(13)22-16/h4-7,10-11H,8-9H2,1-3H3/t10-,11-/m0/s1. The van der Waals surface area contributed by atoms with Gasteiger partial charge in [-0.05, 0) is 32.9 Å². The van der Waals surface area contributed by atoms with Crippen molar-refractivity contribution in [2.24, 2.45) is 0 Å². The second-order valence-electron chi connectivity index (χ2n) is 6.03. The van der Waals surface area contributed by atoms with Gasteiger partial charge in [-0.25, -0.2) is 9.97 Å². The van der Waals surface area contributed by atoms with Gasteiger partial charge in [-0.15, -0.1) is 0 Å². The lowest BCUT2D eigenvalue weighted by atomic mass is 10.2. The van der Waals surface area contributed by atoms with Gasteiger partial charge in [0.25, 0.3) is 0 Å². The Morgan fingerprint density at radius 3 is 2.59 bits per heavy atom. The first-order chi connectivity index (χ1) is 10.6. The van der Waals surface area contributed by atoms with Crippen LogP contribution in [0.2, 0.25) is 0 Å². The molecule has 5 heteroatoms. The fourth-order valence-electron chi connectivity index (χ4n) is 3.25. The van der Waals surface area contributed by atoms with Gasteiger partial charge in [-0.3, -0.25) is 0 Å². The third kappa shape index (κ3) is 2.13. The number of morpholine rings is 1. The Morgan fingerprint density at radius 2 is 1.82 bits per heavy atom. The van der Waals surface area contributed by atoms with E-state index in [9.17, 15) is 0 Å². The summed E-state index contributed by atoms with van der Waals surface area (Å²) in [5.41, 5.74) is 2.52. The maximum Gasteiger partial charge on any atom is 0.196 e. The third-order valence-corrected chi connectivity index (χ3v) is 4.03. The number of hydrogen-bond acceptors (Lipinski definition) is 5. The Balaban J connectivity index is 1.93. The molecule has 1 aliphatic rings. The molecule has 1 saturated heterocycles. The van der Waals surface area contributed by atoms with Gasteiger partial charge in [0.15, 0.2) is 11.4 Å². The molecule has 0 spiro atoms. The Bertz CT molecular complexity index is 832. The molecule has 5 nitrogen and oxygen atoms in total. The van der Waals surface area contributed by atoms with Crippen molar-refractivity contribution in [1.29, 1.82) is 0 Å². The molecule has 0 amide bonds. The minimum Gasteiger partial charge on any atom is -0.450 e. The normalized spacial score (nSPS) is 22.6. The minimum atomic E-state index is 0.179. The van der Waals surface area contributed by atoms with Crippen molar-refractivity contribution in [3.63, 3.8) is 0 Å². The molecule has 0 unspecified atom stereocenters. The summed E-state index contributed by atoms with van der Waals surface area (Å²) in [7, 11) is 0. The predicted octanol–water partition coefficient (Wildman–Crippen LogP) is 3.30. The second-order valence-corrected chi connectivity index (χ2v) is 6.03. The van der Waals surface area contributed by atoms with Crippen LogP contribution < -0.4 is 4.90 Å². The number of aromatic nitrogens is 2. The van der Waals surface area contributed by atoms with Crippen molar-refractivity contribution in [2.75, 3.05) is 18.0 Å². The second kappa shape index (κ2) is 4.95. The summed E-state index contributed by atoms with van der Waals surface area (Å²) in [6.07, 6.45) is 0.358. The highest BCUT2D eigenvalue weighted by molar-refractivity contribution is 6.05. The molecule has 1 aromatic carbocycles. The molecule has 3 aromatic rings. The van der Waals surface area contributed by atoms with Crippen molar-refractivity contribution in [3.8, 4) is 0 Å². The quantitative estimate of drug-likeness (QED) is 0.690. The molecule has 2 atom stereocenters. The molecule has 0 bridgehead atoms. The fraction of sp³-hybridized carbons (Fsp3) is 0.412. The molecule has 0 N–H and O–H groups in total. The van der Waals surface area contributed by atoms with Crippen LogP contribution in [0.25, 0.3) is 22.1 Å². The summed E-state index contributed by atoms with van der Waals surface area (Å²) in [4.78, 5) is 11.5. The van der Waals surface area contributed by atoms with Gasteiger partial charge in [0.05, 0.1) is 12.2 Å². The van der Waals surface area contributed by atoms with Crippen LogP contribution in [-0.2, 0) is 4.74 Å². The van der Waals surface area contributed by atoms with E-state index in [0.29, 0.717) is 0 Å². The summed E-state index contributed by atoms with van der Waals surface area (Å²) < 4.78 is 11.9. The van der Waals surface area contributed by atoms with Crippen molar-refractivity contribution in [2.45, 2.75) is 33.0 Å². The topological polar surface area (TPSA) is 51.4 Å². The highest BCUT2D eigenvalue weighted by atomic mass is 16.5. The first-order valence-electron chi connectivity index (χ1n) is 7.68. The maximum atomic E-state index is 6.05. The van der Waals surface area contributed by atoms with E-state index in [1.807, 2.05) is 31.2 Å². The average molecular weight is 297 g/mol. The van der Waals surface area contributed by atoms with Crippen LogP contribution in [0.5, 0.6) is 0 Å². The van der Waals surface area contributed by atoms with Crippen LogP contribution in [0.4, 0.5) is 5.82 Å². The van der Waals surface area contributed by atoms with Gasteiger partial charge in [-0.1, -0.05) is 12.1 Å². The van der Waals surface area contributed by atoms with Crippen molar-refractivity contribution >= 4 is 27.9 Å². The highest BCUT2D eigenvalue weighted by Gasteiger charge is 2.26. The molecule has 1 fully saturated rings. The molecule has 4 rings (SSSR count). The molecule has 2 aromatic heterocycles. The fourth-order valence-corrected chi connectivity index (χ4v) is 3.25. The third-order valence-electron chi connectivity index (χ3n) is 4.03. The van der Waals surface area contributed by atoms with E-state index in [4.69, 9.17) is 9.15 Å². The molecule has 1 aliphatic heterocycles. The zero-order valence-corrected chi connectivity index (χ0v) is 13.0. The molecule has 0 radical (unpaired) electrons. The number of para-hydroxylation sites is 1. The zero-order chi connectivity index (χ0) is 15.3. The average Bonchev–Trinajstić information content (AvgIpc) is 2.84. The number of rotatable bonds is 1. The van der Waals surface area contributed by atoms with Gasteiger partial charge in [0.2, 0.25) is 0 Å². The lowest BCUT2D eigenvalue weighted by Gasteiger charge is -2.35. The van der Waals surface area contributed by atoms with Crippen molar-refractivity contribution in [1.82, 2.24) is 9.97 Å². The van der Waals surface area contributed by atoms with E-state index in [-0.39, 0.29) is 12.2 Å². The lowest BCUT2D eigenvalue weighted by molar-refractivity contribution is -0.00542. The van der Waals surface area contributed by atoms with E-state index in [2.05, 4.69) is 28.7 Å². The van der Waals surface area contributed by atoms with E-state index >= 15 is 0 Å². The minimum absolute atomic E-state index is 0.179. The van der Waals surface area contributed by atoms with E-state index in [1.165, 1.54) is 0 Å². The van der Waals surface area contributed by atoms with E-state index in [0.717, 1.165) is 46.8 Å². The molecule has 0 saturated carbocycles. The number of anilines is 1. The van der Waals surface area contributed by atoms with Gasteiger partial charge in [0, 0.05) is 18.5 Å². The first-order valence-corrected chi connectivity index (χ1v) is 7.68. The number of hydrogen-bond donors (Lipinski definition) is 0. The summed E-state index contributed by atoms with van der Waals surface area (Å²) in [6, 6.07) is 8.00. The molecular weight excluding hydrogens is 278 g/mol. The van der Waals surface area contributed by atoms with Crippen LogP contribution in [0, 0.1) is 6.92 Å². The first kappa shape index (κ1) is 13.5. The van der Waals surface area contributed by atoms with Gasteiger partial charge in [0.1, 0.15) is 16.9 Å². The summed E-state index contributed by atoms with van der Waals surface area (Å²) >= 11 is 0. The molecule has 22 heavy (non-hydrogen) atoms. The van der Waals surface area contributed by atoms with Gasteiger partial charge < -0.3 is 14.1 Å². The lowest BCUT2D eigenvalue weighted by Crippen LogP contribution is -2.46. The van der Waals surface area contributed by atoms with Crippen LogP contribution in [0.15, 0.2) is 28.7 Å². The number of ether oxygens (including phenoxy) is 1. The van der Waals surface area contributed by atoms with Crippen LogP contribution >= 0.6 is 0 Å². The monoisotopic (exact) mass is 297 g/mol. The zero-order valence-electron chi connectivity index (χ0n) is 13.0. The molecule has 0 aliphatic carbocycles. The highest BCUT2D eigenvalue weighted by Crippen LogP contribution is 2.33. The Labute approximate surface area is 128 Å². The van der Waals surface area contributed by atoms with E-state index < -0.39 is 0 Å². The Hall–Kier alpha value is -2.14. The summed E-state index contributed by atoms with van der Waals surface area (Å²) in [5, 5.41) is 1.04. The number of benzene rings is 1. The predicted molar refractivity (Wildman–Crippen MR) is 86.3 cm³/mol. The largest absolute Gasteiger partial charge is 0.450 e. The Kier molecular flexibility index (Phi) is 3.04.